The molecule has 0 amide bonds. The third-order valence-electron chi connectivity index (χ3n) is 3.37. The van der Waals surface area contributed by atoms with Gasteiger partial charge < -0.3 is 10.0 Å². The molecule has 3 rings (SSSR count). The lowest BCUT2D eigenvalue weighted by molar-refractivity contribution is 0.0697. The van der Waals surface area contributed by atoms with Gasteiger partial charge in [0.05, 0.1) is 5.56 Å². The number of halogens is 1. The molecule has 0 spiro atoms. The first-order chi connectivity index (χ1) is 9.15. The SMILES string of the molecule is O=C(O)c1ccc(N2CCc3ccc(F)cc32)cc1. The number of fused-ring (bicyclic) bond motifs is 1. The van der Waals surface area contributed by atoms with E-state index in [1.54, 1.807) is 30.3 Å². The van der Waals surface area contributed by atoms with Crippen LogP contribution in [0.15, 0.2) is 42.5 Å². The molecule has 3 nitrogen and oxygen atoms in total. The van der Waals surface area contributed by atoms with Crippen molar-refractivity contribution in [3.63, 3.8) is 0 Å². The average Bonchev–Trinajstić information content (AvgIpc) is 2.81. The number of hydrogen-bond donors (Lipinski definition) is 1. The lowest BCUT2D eigenvalue weighted by atomic mass is 10.1. The monoisotopic (exact) mass is 257 g/mol. The quantitative estimate of drug-likeness (QED) is 0.898. The molecule has 2 aromatic rings. The Morgan fingerprint density at radius 2 is 1.89 bits per heavy atom. The average molecular weight is 257 g/mol. The molecule has 0 unspecified atom stereocenters. The highest BCUT2D eigenvalue weighted by atomic mass is 19.1. The number of carboxylic acid groups (broad SMARTS) is 1. The van der Waals surface area contributed by atoms with Gasteiger partial charge in [-0.15, -0.1) is 0 Å². The van der Waals surface area contributed by atoms with Crippen molar-refractivity contribution in [2.45, 2.75) is 6.42 Å². The molecule has 0 aliphatic carbocycles. The maximum Gasteiger partial charge on any atom is 0.335 e. The van der Waals surface area contributed by atoms with Crippen LogP contribution in [0.4, 0.5) is 15.8 Å². The van der Waals surface area contributed by atoms with E-state index in [-0.39, 0.29) is 11.4 Å². The van der Waals surface area contributed by atoms with Crippen LogP contribution in [-0.4, -0.2) is 17.6 Å². The molecule has 1 N–H and O–H groups in total. The number of hydrogen-bond acceptors (Lipinski definition) is 2. The molecule has 0 aromatic heterocycles. The zero-order chi connectivity index (χ0) is 13.4. The van der Waals surface area contributed by atoms with Crippen LogP contribution in [0.25, 0.3) is 0 Å². The maximum absolute atomic E-state index is 13.3. The number of carbonyl (C=O) groups is 1. The molecule has 1 aliphatic rings. The Labute approximate surface area is 109 Å². The van der Waals surface area contributed by atoms with Gasteiger partial charge in [0.15, 0.2) is 0 Å². The summed E-state index contributed by atoms with van der Waals surface area (Å²) in [5, 5.41) is 8.87. The van der Waals surface area contributed by atoms with E-state index in [0.29, 0.717) is 0 Å². The van der Waals surface area contributed by atoms with E-state index in [4.69, 9.17) is 5.11 Å². The Morgan fingerprint density at radius 3 is 2.58 bits per heavy atom. The maximum atomic E-state index is 13.3. The summed E-state index contributed by atoms with van der Waals surface area (Å²) >= 11 is 0. The summed E-state index contributed by atoms with van der Waals surface area (Å²) in [5.41, 5.74) is 3.11. The molecule has 0 bridgehead atoms. The van der Waals surface area contributed by atoms with E-state index in [0.717, 1.165) is 29.9 Å². The molecule has 0 saturated carbocycles. The number of benzene rings is 2. The van der Waals surface area contributed by atoms with Crippen molar-refractivity contribution < 1.29 is 14.3 Å². The molecule has 0 radical (unpaired) electrons. The second-order valence-electron chi connectivity index (χ2n) is 4.53. The number of rotatable bonds is 2. The molecule has 1 aliphatic heterocycles. The highest BCUT2D eigenvalue weighted by molar-refractivity contribution is 5.88. The van der Waals surface area contributed by atoms with Gasteiger partial charge in [0.1, 0.15) is 5.82 Å². The summed E-state index contributed by atoms with van der Waals surface area (Å²) in [6, 6.07) is 11.4. The highest BCUT2D eigenvalue weighted by Crippen LogP contribution is 2.34. The fourth-order valence-corrected chi connectivity index (χ4v) is 2.40. The zero-order valence-corrected chi connectivity index (χ0v) is 10.1. The van der Waals surface area contributed by atoms with Gasteiger partial charge in [-0.25, -0.2) is 9.18 Å². The molecule has 96 valence electrons. The van der Waals surface area contributed by atoms with Crippen molar-refractivity contribution in [1.82, 2.24) is 0 Å². The largest absolute Gasteiger partial charge is 0.478 e. The van der Waals surface area contributed by atoms with Gasteiger partial charge in [0.25, 0.3) is 0 Å². The Hall–Kier alpha value is -2.36. The molecule has 0 atom stereocenters. The molecule has 0 fully saturated rings. The van der Waals surface area contributed by atoms with E-state index >= 15 is 0 Å². The van der Waals surface area contributed by atoms with Gasteiger partial charge in [-0.3, -0.25) is 0 Å². The van der Waals surface area contributed by atoms with Crippen LogP contribution in [0.3, 0.4) is 0 Å². The number of nitrogens with zero attached hydrogens (tertiary/aromatic N) is 1. The van der Waals surface area contributed by atoms with Crippen LogP contribution in [0.1, 0.15) is 15.9 Å². The van der Waals surface area contributed by atoms with Gasteiger partial charge in [-0.05, 0) is 48.4 Å². The fourth-order valence-electron chi connectivity index (χ4n) is 2.40. The summed E-state index contributed by atoms with van der Waals surface area (Å²) in [6.07, 6.45) is 0.871. The summed E-state index contributed by atoms with van der Waals surface area (Å²) in [7, 11) is 0. The minimum Gasteiger partial charge on any atom is -0.478 e. The van der Waals surface area contributed by atoms with Crippen molar-refractivity contribution in [3.05, 3.63) is 59.4 Å². The number of anilines is 2. The third-order valence-corrected chi connectivity index (χ3v) is 3.37. The van der Waals surface area contributed by atoms with E-state index in [2.05, 4.69) is 0 Å². The predicted octanol–water partition coefficient (Wildman–Crippen LogP) is 3.22. The standard InChI is InChI=1S/C15H12FNO2/c16-12-4-1-10-7-8-17(14(10)9-12)13-5-2-11(3-6-13)15(18)19/h1-6,9H,7-8H2,(H,18,19). The Morgan fingerprint density at radius 1 is 1.16 bits per heavy atom. The van der Waals surface area contributed by atoms with Gasteiger partial charge >= 0.3 is 5.97 Å². The van der Waals surface area contributed by atoms with Crippen LogP contribution in [0.2, 0.25) is 0 Å². The lowest BCUT2D eigenvalue weighted by Crippen LogP contribution is -2.13. The lowest BCUT2D eigenvalue weighted by Gasteiger charge is -2.19. The smallest absolute Gasteiger partial charge is 0.335 e. The van der Waals surface area contributed by atoms with Crippen LogP contribution < -0.4 is 4.90 Å². The number of carboxylic acids is 1. The summed E-state index contributed by atoms with van der Waals surface area (Å²) in [5.74, 6) is -1.20. The van der Waals surface area contributed by atoms with Crippen molar-refractivity contribution in [2.24, 2.45) is 0 Å². The molecule has 0 saturated heterocycles. The van der Waals surface area contributed by atoms with Crippen molar-refractivity contribution in [2.75, 3.05) is 11.4 Å². The first-order valence-electron chi connectivity index (χ1n) is 6.04. The molecule has 2 aromatic carbocycles. The normalized spacial score (nSPS) is 13.4. The van der Waals surface area contributed by atoms with E-state index in [9.17, 15) is 9.18 Å². The van der Waals surface area contributed by atoms with Crippen molar-refractivity contribution >= 4 is 17.3 Å². The molecular formula is C15H12FNO2. The van der Waals surface area contributed by atoms with Crippen LogP contribution in [-0.2, 0) is 6.42 Å². The zero-order valence-electron chi connectivity index (χ0n) is 10.1. The van der Waals surface area contributed by atoms with E-state index < -0.39 is 5.97 Å². The summed E-state index contributed by atoms with van der Waals surface area (Å²) in [4.78, 5) is 12.8. The first kappa shape index (κ1) is 11.7. The van der Waals surface area contributed by atoms with E-state index in [1.165, 1.54) is 12.1 Å². The van der Waals surface area contributed by atoms with Gasteiger partial charge in [0.2, 0.25) is 0 Å². The van der Waals surface area contributed by atoms with Crippen LogP contribution in [0, 0.1) is 5.82 Å². The van der Waals surface area contributed by atoms with Gasteiger partial charge in [-0.1, -0.05) is 6.07 Å². The first-order valence-corrected chi connectivity index (χ1v) is 6.04. The number of aromatic carboxylic acids is 1. The second-order valence-corrected chi connectivity index (χ2v) is 4.53. The van der Waals surface area contributed by atoms with Crippen LogP contribution >= 0.6 is 0 Å². The molecule has 19 heavy (non-hydrogen) atoms. The summed E-state index contributed by atoms with van der Waals surface area (Å²) < 4.78 is 13.3. The second kappa shape index (κ2) is 4.39. The Balaban J connectivity index is 1.97. The van der Waals surface area contributed by atoms with E-state index in [1.807, 2.05) is 4.90 Å². The topological polar surface area (TPSA) is 40.5 Å². The van der Waals surface area contributed by atoms with Crippen LogP contribution in [0.5, 0.6) is 0 Å². The Bertz CT molecular complexity index is 637. The Kier molecular flexibility index (Phi) is 2.71. The highest BCUT2D eigenvalue weighted by Gasteiger charge is 2.21. The fraction of sp³-hybridized carbons (Fsp3) is 0.133. The third kappa shape index (κ3) is 2.05. The van der Waals surface area contributed by atoms with Gasteiger partial charge in [-0.2, -0.15) is 0 Å². The van der Waals surface area contributed by atoms with Crippen molar-refractivity contribution in [3.8, 4) is 0 Å². The molecule has 4 heteroatoms. The molecule has 1 heterocycles. The minimum absolute atomic E-state index is 0.252. The van der Waals surface area contributed by atoms with Gasteiger partial charge in [0, 0.05) is 17.9 Å². The summed E-state index contributed by atoms with van der Waals surface area (Å²) in [6.45, 7) is 0.783. The minimum atomic E-state index is -0.945. The molecular weight excluding hydrogens is 245 g/mol. The predicted molar refractivity (Wildman–Crippen MR) is 70.5 cm³/mol. The van der Waals surface area contributed by atoms with Crippen molar-refractivity contribution in [1.29, 1.82) is 0 Å².